The van der Waals surface area contributed by atoms with Crippen LogP contribution in [0.4, 0.5) is 17.6 Å². The van der Waals surface area contributed by atoms with E-state index in [1.807, 2.05) is 0 Å². The topological polar surface area (TPSA) is 74.0 Å². The predicted molar refractivity (Wildman–Crippen MR) is 142 cm³/mol. The summed E-state index contributed by atoms with van der Waals surface area (Å²) in [7, 11) is 0. The number of thiophene rings is 1. The highest BCUT2D eigenvalue weighted by Gasteiger charge is 2.55. The molecule has 208 valence electrons. The number of rotatable bonds is 7. The first-order chi connectivity index (χ1) is 19.1. The molecule has 1 N–H and O–H groups in total. The van der Waals surface area contributed by atoms with Crippen molar-refractivity contribution in [1.29, 1.82) is 5.26 Å². The van der Waals surface area contributed by atoms with E-state index in [1.54, 1.807) is 30.0 Å². The van der Waals surface area contributed by atoms with Gasteiger partial charge < -0.3 is 10.2 Å². The van der Waals surface area contributed by atoms with Crippen LogP contribution in [0.15, 0.2) is 42.6 Å². The number of nitriles is 1. The number of carbonyl (C=O) groups is 1. The molecule has 1 aliphatic heterocycles. The second-order valence-corrected chi connectivity index (χ2v) is 12.0. The van der Waals surface area contributed by atoms with Crippen molar-refractivity contribution in [3.63, 3.8) is 0 Å². The van der Waals surface area contributed by atoms with Crippen molar-refractivity contribution in [2.75, 3.05) is 13.1 Å². The summed E-state index contributed by atoms with van der Waals surface area (Å²) in [4.78, 5) is 16.0. The largest absolute Gasteiger partial charge is 0.435 e. The molecule has 1 atom stereocenters. The van der Waals surface area contributed by atoms with Crippen molar-refractivity contribution in [2.45, 2.75) is 56.9 Å². The minimum atomic E-state index is -4.79. The lowest BCUT2D eigenvalue weighted by Crippen LogP contribution is -2.66. The molecule has 3 aromatic rings. The Balaban J connectivity index is 1.35. The molecule has 1 amide bonds. The number of hydrogen-bond acceptors (Lipinski definition) is 5. The van der Waals surface area contributed by atoms with Gasteiger partial charge >= 0.3 is 6.18 Å². The predicted octanol–water partition coefficient (Wildman–Crippen LogP) is 5.83. The van der Waals surface area contributed by atoms with Crippen LogP contribution in [-0.4, -0.2) is 39.2 Å². The molecule has 4 aliphatic rings. The zero-order chi connectivity index (χ0) is 28.2. The van der Waals surface area contributed by atoms with Gasteiger partial charge in [0.05, 0.1) is 6.54 Å². The van der Waals surface area contributed by atoms with Crippen LogP contribution < -0.4 is 5.32 Å². The van der Waals surface area contributed by atoms with E-state index in [1.165, 1.54) is 48.9 Å². The average Bonchev–Trinajstić information content (AvgIpc) is 3.50. The molecule has 3 heterocycles. The summed E-state index contributed by atoms with van der Waals surface area (Å²) in [5.41, 5.74) is -0.417. The Labute approximate surface area is 232 Å². The van der Waals surface area contributed by atoms with Crippen LogP contribution in [0.5, 0.6) is 0 Å². The molecule has 0 spiro atoms. The van der Waals surface area contributed by atoms with Crippen LogP contribution in [0.1, 0.15) is 58.7 Å². The Kier molecular flexibility index (Phi) is 6.58. The molecule has 1 aromatic carbocycles. The van der Waals surface area contributed by atoms with Crippen molar-refractivity contribution in [3.05, 3.63) is 75.0 Å². The summed E-state index contributed by atoms with van der Waals surface area (Å²) < 4.78 is 58.6. The second kappa shape index (κ2) is 9.85. The highest BCUT2D eigenvalue weighted by Crippen LogP contribution is 2.56. The summed E-state index contributed by atoms with van der Waals surface area (Å²) in [6, 6.07) is 8.01. The lowest BCUT2D eigenvalue weighted by atomic mass is 9.50. The van der Waals surface area contributed by atoms with Gasteiger partial charge in [0, 0.05) is 59.4 Å². The number of alkyl halides is 3. The molecule has 3 saturated carbocycles. The number of fused-ring (bicyclic) bond motifs is 1. The summed E-state index contributed by atoms with van der Waals surface area (Å²) >= 11 is 1.24. The molecular formula is C29H27F4N5OS. The Morgan fingerprint density at radius 3 is 2.73 bits per heavy atom. The zero-order valence-corrected chi connectivity index (χ0v) is 22.6. The molecular weight excluding hydrogens is 542 g/mol. The minimum absolute atomic E-state index is 0.135. The fourth-order valence-electron chi connectivity index (χ4n) is 6.23. The van der Waals surface area contributed by atoms with Crippen molar-refractivity contribution < 1.29 is 22.4 Å². The number of amides is 1. The van der Waals surface area contributed by atoms with Gasteiger partial charge in [-0.3, -0.25) is 9.48 Å². The van der Waals surface area contributed by atoms with Crippen molar-refractivity contribution >= 4 is 17.2 Å². The van der Waals surface area contributed by atoms with Crippen LogP contribution >= 0.6 is 11.3 Å². The van der Waals surface area contributed by atoms with Crippen molar-refractivity contribution in [1.82, 2.24) is 20.0 Å². The number of hydrogen-bond donors (Lipinski definition) is 1. The van der Waals surface area contributed by atoms with Gasteiger partial charge in [-0.15, -0.1) is 11.3 Å². The molecule has 7 rings (SSSR count). The Hall–Kier alpha value is -3.49. The molecule has 11 heteroatoms. The van der Waals surface area contributed by atoms with E-state index in [-0.39, 0.29) is 42.2 Å². The number of benzene rings is 1. The number of carbonyl (C=O) groups excluding carboxylic acids is 1. The van der Waals surface area contributed by atoms with E-state index >= 15 is 4.39 Å². The Bertz CT molecular complexity index is 1530. The molecule has 2 bridgehead atoms. The molecule has 40 heavy (non-hydrogen) atoms. The molecule has 3 aliphatic carbocycles. The summed E-state index contributed by atoms with van der Waals surface area (Å²) in [5, 5.41) is 16.7. The average molecular weight is 570 g/mol. The van der Waals surface area contributed by atoms with E-state index in [9.17, 15) is 23.2 Å². The minimum Gasteiger partial charge on any atom is -0.333 e. The van der Waals surface area contributed by atoms with E-state index in [2.05, 4.69) is 16.5 Å². The van der Waals surface area contributed by atoms with Gasteiger partial charge in [-0.2, -0.15) is 23.5 Å². The lowest BCUT2D eigenvalue weighted by Gasteiger charge is -2.62. The van der Waals surface area contributed by atoms with Gasteiger partial charge in [0.25, 0.3) is 0 Å². The number of halogens is 4. The highest BCUT2D eigenvalue weighted by molar-refractivity contribution is 7.12. The summed E-state index contributed by atoms with van der Waals surface area (Å²) in [6.07, 6.45) is 3.30. The highest BCUT2D eigenvalue weighted by atomic mass is 32.1. The molecule has 2 aromatic heterocycles. The smallest absolute Gasteiger partial charge is 0.333 e. The first-order valence-electron chi connectivity index (χ1n) is 13.3. The van der Waals surface area contributed by atoms with Crippen LogP contribution in [0.3, 0.4) is 0 Å². The normalized spacial score (nSPS) is 23.4. The third-order valence-electron chi connectivity index (χ3n) is 8.31. The fraction of sp³-hybridized carbons (Fsp3) is 0.414. The monoisotopic (exact) mass is 569 g/mol. The third-order valence-corrected chi connectivity index (χ3v) is 9.36. The fourth-order valence-corrected chi connectivity index (χ4v) is 7.27. The summed E-state index contributed by atoms with van der Waals surface area (Å²) in [5.74, 6) is -0.832. The first kappa shape index (κ1) is 26.7. The van der Waals surface area contributed by atoms with Crippen LogP contribution in [0.2, 0.25) is 0 Å². The van der Waals surface area contributed by atoms with Crippen LogP contribution in [-0.2, 0) is 24.1 Å². The van der Waals surface area contributed by atoms with E-state index in [0.717, 1.165) is 27.1 Å². The number of aromatic nitrogens is 2. The van der Waals surface area contributed by atoms with Gasteiger partial charge in [-0.25, -0.2) is 4.39 Å². The maximum atomic E-state index is 15.5. The molecule has 0 radical (unpaired) electrons. The standard InChI is InChI=1S/C29H27F4N5OS/c1-2-38-15-22(27(36-38)29(31,32)33)26-19(5-3-6-23(26)30)21-14-37(16-24-20(21)9-18(13-34)40-24)25(39)7-4-8-35-28-10-17(11-28)12-28/h3-7,9,15,17,21,35H,2,8,10-12,14,16H2,1H3/b7-4+. The number of nitrogens with one attached hydrogen (secondary N) is 1. The van der Waals surface area contributed by atoms with Crippen molar-refractivity contribution in [2.24, 2.45) is 5.92 Å². The zero-order valence-electron chi connectivity index (χ0n) is 21.8. The van der Waals surface area contributed by atoms with Gasteiger partial charge in [-0.1, -0.05) is 18.2 Å². The lowest BCUT2D eigenvalue weighted by molar-refractivity contribution is -0.141. The van der Waals surface area contributed by atoms with E-state index < -0.39 is 23.6 Å². The van der Waals surface area contributed by atoms with E-state index in [0.29, 0.717) is 17.0 Å². The van der Waals surface area contributed by atoms with Crippen LogP contribution in [0, 0.1) is 23.1 Å². The second-order valence-electron chi connectivity index (χ2n) is 10.9. The molecule has 3 fully saturated rings. The number of nitrogens with zero attached hydrogens (tertiary/aromatic N) is 4. The first-order valence-corrected chi connectivity index (χ1v) is 14.1. The molecule has 1 unspecified atom stereocenters. The number of aryl methyl sites for hydroxylation is 1. The maximum Gasteiger partial charge on any atom is 0.435 e. The quantitative estimate of drug-likeness (QED) is 0.287. The third kappa shape index (κ3) is 4.63. The van der Waals surface area contributed by atoms with Gasteiger partial charge in [-0.05, 0) is 55.4 Å². The summed E-state index contributed by atoms with van der Waals surface area (Å²) in [6.45, 7) is 2.82. The Morgan fingerprint density at radius 1 is 1.30 bits per heavy atom. The Morgan fingerprint density at radius 2 is 2.08 bits per heavy atom. The van der Waals surface area contributed by atoms with Crippen LogP contribution in [0.25, 0.3) is 11.1 Å². The molecule has 0 saturated heterocycles. The van der Waals surface area contributed by atoms with Gasteiger partial charge in [0.1, 0.15) is 16.8 Å². The molecule has 6 nitrogen and oxygen atoms in total. The van der Waals surface area contributed by atoms with E-state index in [4.69, 9.17) is 0 Å². The van der Waals surface area contributed by atoms with Gasteiger partial charge in [0.2, 0.25) is 5.91 Å². The van der Waals surface area contributed by atoms with Crippen molar-refractivity contribution in [3.8, 4) is 17.2 Å². The SMILES string of the molecule is CCn1cc(-c2c(F)cccc2C2CN(C(=O)/C=C/CNC34CC(C3)C4)Cc3sc(C#N)cc32)c(C(F)(F)F)n1. The maximum absolute atomic E-state index is 15.5. The van der Waals surface area contributed by atoms with Gasteiger partial charge in [0.15, 0.2) is 5.69 Å².